The molecule has 1 aliphatic rings. The Labute approximate surface area is 217 Å². The number of halogens is 1. The van der Waals surface area contributed by atoms with Gasteiger partial charge >= 0.3 is 5.97 Å². The average Bonchev–Trinajstić information content (AvgIpc) is 2.94. The fraction of sp³-hybridized carbons (Fsp3) is 0.222. The zero-order chi connectivity index (χ0) is 24.8. The van der Waals surface area contributed by atoms with Crippen LogP contribution >= 0.6 is 22.6 Å². The number of anilines is 1. The van der Waals surface area contributed by atoms with Crippen molar-refractivity contribution in [2.75, 3.05) is 24.6 Å². The van der Waals surface area contributed by atoms with Crippen LogP contribution < -0.4 is 9.64 Å². The lowest BCUT2D eigenvalue weighted by Crippen LogP contribution is -2.40. The molecule has 0 radical (unpaired) electrons. The van der Waals surface area contributed by atoms with Gasteiger partial charge in [-0.25, -0.2) is 0 Å². The van der Waals surface area contributed by atoms with Gasteiger partial charge in [-0.2, -0.15) is 0 Å². The molecule has 8 heteroatoms. The lowest BCUT2D eigenvalue weighted by molar-refractivity contribution is -0.143. The van der Waals surface area contributed by atoms with E-state index in [-0.39, 0.29) is 44.5 Å². The number of fused-ring (bicyclic) bond motifs is 1. The number of rotatable bonds is 8. The summed E-state index contributed by atoms with van der Waals surface area (Å²) in [5.41, 5.74) is 1.85. The first-order chi connectivity index (χ1) is 16.9. The maximum Gasteiger partial charge on any atom is 0.307 e. The predicted octanol–water partition coefficient (Wildman–Crippen LogP) is 5.03. The van der Waals surface area contributed by atoms with Gasteiger partial charge in [0, 0.05) is 10.1 Å². The van der Waals surface area contributed by atoms with Crippen LogP contribution in [0.15, 0.2) is 72.8 Å². The van der Waals surface area contributed by atoms with E-state index in [9.17, 15) is 14.4 Å². The molecule has 0 saturated carbocycles. The van der Waals surface area contributed by atoms with E-state index in [2.05, 4.69) is 22.6 Å². The first-order valence-corrected chi connectivity index (χ1v) is 12.4. The molecular formula is C27H25IN2O5. The van der Waals surface area contributed by atoms with Crippen molar-refractivity contribution >= 4 is 46.1 Å². The zero-order valence-corrected chi connectivity index (χ0v) is 21.4. The SMILES string of the molecule is CCOC(=O)CCN1CC(=O)N(Cc2cccc(Oc3ccccc3)c2)c2ccc(I)cc2C1=O. The maximum absolute atomic E-state index is 13.4. The van der Waals surface area contributed by atoms with Crippen LogP contribution in [0.4, 0.5) is 5.69 Å². The van der Waals surface area contributed by atoms with Crippen LogP contribution in [0.1, 0.15) is 29.3 Å². The summed E-state index contributed by atoms with van der Waals surface area (Å²) in [5, 5.41) is 0. The van der Waals surface area contributed by atoms with Crippen LogP contribution in [0.3, 0.4) is 0 Å². The molecule has 7 nitrogen and oxygen atoms in total. The van der Waals surface area contributed by atoms with Gasteiger partial charge in [0.1, 0.15) is 18.0 Å². The molecule has 0 spiro atoms. The summed E-state index contributed by atoms with van der Waals surface area (Å²) in [6.07, 6.45) is 0.0327. The molecule has 0 unspecified atom stereocenters. The number of ether oxygens (including phenoxy) is 2. The Morgan fingerprint density at radius 2 is 1.74 bits per heavy atom. The average molecular weight is 584 g/mol. The van der Waals surface area contributed by atoms with Gasteiger partial charge in [0.25, 0.3) is 5.91 Å². The lowest BCUT2D eigenvalue weighted by Gasteiger charge is -2.23. The molecule has 3 aromatic rings. The summed E-state index contributed by atoms with van der Waals surface area (Å²) in [5.74, 6) is 0.479. The standard InChI is InChI=1S/C27H25IN2O5/c1-2-34-26(32)13-14-29-18-25(31)30(24-12-11-20(28)16-23(24)27(29)33)17-19-7-6-10-22(15-19)35-21-8-4-3-5-9-21/h3-12,15-16H,2,13-14,17-18H2,1H3. The van der Waals surface area contributed by atoms with Crippen molar-refractivity contribution < 1.29 is 23.9 Å². The number of amides is 2. The number of carbonyl (C=O) groups excluding carboxylic acids is 3. The minimum atomic E-state index is -0.396. The van der Waals surface area contributed by atoms with Gasteiger partial charge in [-0.15, -0.1) is 0 Å². The topological polar surface area (TPSA) is 76.2 Å². The number of carbonyl (C=O) groups is 3. The van der Waals surface area contributed by atoms with Crippen LogP contribution in [0.2, 0.25) is 0 Å². The second kappa shape index (κ2) is 11.4. The Morgan fingerprint density at radius 1 is 0.971 bits per heavy atom. The molecule has 1 aliphatic heterocycles. The van der Waals surface area contributed by atoms with Gasteiger partial charge < -0.3 is 19.3 Å². The molecule has 0 saturated heterocycles. The molecule has 0 aromatic heterocycles. The van der Waals surface area contributed by atoms with Gasteiger partial charge in [0.15, 0.2) is 0 Å². The Balaban J connectivity index is 1.59. The minimum absolute atomic E-state index is 0.0327. The highest BCUT2D eigenvalue weighted by Gasteiger charge is 2.32. The molecule has 0 aliphatic carbocycles. The summed E-state index contributed by atoms with van der Waals surface area (Å²) >= 11 is 2.14. The smallest absolute Gasteiger partial charge is 0.307 e. The molecule has 1 heterocycles. The molecule has 2 amide bonds. The third-order valence-corrected chi connectivity index (χ3v) is 6.17. The van der Waals surface area contributed by atoms with Crippen LogP contribution in [0, 0.1) is 3.57 Å². The maximum atomic E-state index is 13.4. The van der Waals surface area contributed by atoms with Gasteiger partial charge in [-0.05, 0) is 77.5 Å². The highest BCUT2D eigenvalue weighted by atomic mass is 127. The van der Waals surface area contributed by atoms with Crippen molar-refractivity contribution in [1.29, 1.82) is 0 Å². The summed E-state index contributed by atoms with van der Waals surface area (Å²) < 4.78 is 11.8. The Bertz CT molecular complexity index is 1230. The number of nitrogens with zero attached hydrogens (tertiary/aromatic N) is 2. The molecule has 0 atom stereocenters. The van der Waals surface area contributed by atoms with E-state index >= 15 is 0 Å². The third-order valence-electron chi connectivity index (χ3n) is 5.50. The van der Waals surface area contributed by atoms with E-state index < -0.39 is 5.97 Å². The van der Waals surface area contributed by atoms with Crippen LogP contribution in [-0.2, 0) is 20.9 Å². The molecule has 4 rings (SSSR count). The zero-order valence-electron chi connectivity index (χ0n) is 19.3. The molecule has 35 heavy (non-hydrogen) atoms. The fourth-order valence-electron chi connectivity index (χ4n) is 3.87. The van der Waals surface area contributed by atoms with Crippen molar-refractivity contribution in [2.24, 2.45) is 0 Å². The van der Waals surface area contributed by atoms with Gasteiger partial charge in [0.05, 0.1) is 30.8 Å². The van der Waals surface area contributed by atoms with E-state index in [1.807, 2.05) is 60.7 Å². The van der Waals surface area contributed by atoms with E-state index in [0.29, 0.717) is 17.0 Å². The molecule has 3 aromatic carbocycles. The first-order valence-electron chi connectivity index (χ1n) is 11.3. The molecule has 180 valence electrons. The predicted molar refractivity (Wildman–Crippen MR) is 140 cm³/mol. The molecule has 0 N–H and O–H groups in total. The third kappa shape index (κ3) is 6.19. The largest absolute Gasteiger partial charge is 0.466 e. The Morgan fingerprint density at radius 3 is 2.51 bits per heavy atom. The highest BCUT2D eigenvalue weighted by Crippen LogP contribution is 2.30. The Hall–Kier alpha value is -3.40. The van der Waals surface area contributed by atoms with Crippen LogP contribution in [0.5, 0.6) is 11.5 Å². The van der Waals surface area contributed by atoms with Gasteiger partial charge in [-0.3, -0.25) is 14.4 Å². The van der Waals surface area contributed by atoms with E-state index in [1.54, 1.807) is 24.0 Å². The Kier molecular flexibility index (Phi) is 8.02. The molecule has 0 bridgehead atoms. The van der Waals surface area contributed by atoms with Crippen molar-refractivity contribution in [2.45, 2.75) is 19.9 Å². The van der Waals surface area contributed by atoms with Gasteiger partial charge in [0.2, 0.25) is 5.91 Å². The van der Waals surface area contributed by atoms with Crippen LogP contribution in [0.25, 0.3) is 0 Å². The highest BCUT2D eigenvalue weighted by molar-refractivity contribution is 14.1. The van der Waals surface area contributed by atoms with E-state index in [0.717, 1.165) is 14.9 Å². The summed E-state index contributed by atoms with van der Waals surface area (Å²) in [7, 11) is 0. The van der Waals surface area contributed by atoms with Gasteiger partial charge in [-0.1, -0.05) is 30.3 Å². The van der Waals surface area contributed by atoms with E-state index in [1.165, 1.54) is 4.90 Å². The fourth-order valence-corrected chi connectivity index (χ4v) is 4.36. The summed E-state index contributed by atoms with van der Waals surface area (Å²) in [4.78, 5) is 41.6. The molecule has 0 fully saturated rings. The number of benzene rings is 3. The first kappa shape index (κ1) is 24.7. The number of para-hydroxylation sites is 1. The molecular weight excluding hydrogens is 559 g/mol. The van der Waals surface area contributed by atoms with Crippen molar-refractivity contribution in [1.82, 2.24) is 4.90 Å². The van der Waals surface area contributed by atoms with E-state index in [4.69, 9.17) is 9.47 Å². The van der Waals surface area contributed by atoms with Crippen molar-refractivity contribution in [3.05, 3.63) is 87.5 Å². The number of hydrogen-bond donors (Lipinski definition) is 0. The quantitative estimate of drug-likeness (QED) is 0.275. The van der Waals surface area contributed by atoms with Crippen molar-refractivity contribution in [3.8, 4) is 11.5 Å². The normalized spacial score (nSPS) is 13.3. The number of hydrogen-bond acceptors (Lipinski definition) is 5. The summed E-state index contributed by atoms with van der Waals surface area (Å²) in [6, 6.07) is 22.5. The van der Waals surface area contributed by atoms with Crippen molar-refractivity contribution in [3.63, 3.8) is 0 Å². The monoisotopic (exact) mass is 584 g/mol. The second-order valence-corrected chi connectivity index (χ2v) is 9.23. The summed E-state index contributed by atoms with van der Waals surface area (Å²) in [6.45, 7) is 2.27. The minimum Gasteiger partial charge on any atom is -0.466 e. The second-order valence-electron chi connectivity index (χ2n) is 7.99. The number of esters is 1. The van der Waals surface area contributed by atoms with Crippen LogP contribution in [-0.4, -0.2) is 42.4 Å². The lowest BCUT2D eigenvalue weighted by atomic mass is 10.1.